The van der Waals surface area contributed by atoms with Crippen LogP contribution in [-0.2, 0) is 4.79 Å². The minimum atomic E-state index is -1.37. The number of rotatable bonds is 6. The molecular formula is C25H28FN3O4. The highest BCUT2D eigenvalue weighted by atomic mass is 19.1. The molecule has 1 unspecified atom stereocenters. The average Bonchev–Trinajstić information content (AvgIpc) is 3.25. The Balaban J connectivity index is 1.48. The number of halogens is 1. The predicted octanol–water partition coefficient (Wildman–Crippen LogP) is 4.03. The second kappa shape index (κ2) is 8.33. The zero-order valence-corrected chi connectivity index (χ0v) is 18.6. The van der Waals surface area contributed by atoms with Crippen LogP contribution in [0, 0.1) is 5.82 Å². The molecule has 1 saturated heterocycles. The highest BCUT2D eigenvalue weighted by molar-refractivity contribution is 5.91. The van der Waals surface area contributed by atoms with Crippen LogP contribution in [0.3, 0.4) is 0 Å². The zero-order chi connectivity index (χ0) is 23.2. The summed E-state index contributed by atoms with van der Waals surface area (Å²) in [4.78, 5) is 19.9. The molecule has 2 aliphatic heterocycles. The molecule has 8 heteroatoms. The molecule has 2 aromatic rings. The highest BCUT2D eigenvalue weighted by Crippen LogP contribution is 2.48. The quantitative estimate of drug-likeness (QED) is 0.683. The van der Waals surface area contributed by atoms with E-state index in [-0.39, 0.29) is 17.2 Å². The van der Waals surface area contributed by atoms with Gasteiger partial charge in [0.1, 0.15) is 18.5 Å². The molecular weight excluding hydrogens is 425 g/mol. The van der Waals surface area contributed by atoms with Gasteiger partial charge in [0.05, 0.1) is 17.3 Å². The van der Waals surface area contributed by atoms with Crippen molar-refractivity contribution in [1.82, 2.24) is 4.98 Å². The lowest BCUT2D eigenvalue weighted by Gasteiger charge is -2.50. The van der Waals surface area contributed by atoms with Crippen molar-refractivity contribution in [2.75, 3.05) is 23.0 Å². The first kappa shape index (κ1) is 21.7. The van der Waals surface area contributed by atoms with Crippen molar-refractivity contribution >= 4 is 17.3 Å². The van der Waals surface area contributed by atoms with Crippen LogP contribution in [0.5, 0.6) is 5.88 Å². The van der Waals surface area contributed by atoms with Crippen molar-refractivity contribution in [3.63, 3.8) is 0 Å². The molecule has 2 atom stereocenters. The minimum absolute atomic E-state index is 0.00840. The van der Waals surface area contributed by atoms with Crippen molar-refractivity contribution in [2.45, 2.75) is 56.7 Å². The van der Waals surface area contributed by atoms with E-state index in [1.54, 1.807) is 18.3 Å². The van der Waals surface area contributed by atoms with Crippen molar-refractivity contribution in [2.24, 2.45) is 0 Å². The molecule has 2 N–H and O–H groups in total. The molecule has 0 amide bonds. The summed E-state index contributed by atoms with van der Waals surface area (Å²) in [7, 11) is 0. The molecule has 0 bridgehead atoms. The maximum absolute atomic E-state index is 15.4. The van der Waals surface area contributed by atoms with E-state index in [0.29, 0.717) is 36.0 Å². The Morgan fingerprint density at radius 3 is 2.76 bits per heavy atom. The van der Waals surface area contributed by atoms with Crippen molar-refractivity contribution < 1.29 is 24.1 Å². The number of hydrogen-bond donors (Lipinski definition) is 2. The largest absolute Gasteiger partial charge is 0.478 e. The number of aliphatic hydroxyl groups excluding tert-OH is 1. The van der Waals surface area contributed by atoms with E-state index in [9.17, 15) is 15.0 Å². The summed E-state index contributed by atoms with van der Waals surface area (Å²) in [5.41, 5.74) is 1.03. The summed E-state index contributed by atoms with van der Waals surface area (Å²) < 4.78 is 21.2. The second-order valence-electron chi connectivity index (χ2n) is 9.34. The Morgan fingerprint density at radius 2 is 2.09 bits per heavy atom. The summed E-state index contributed by atoms with van der Waals surface area (Å²) in [6.45, 7) is 3.17. The standard InChI is InChI=1S/C25H28FN3O4/c1-25(8-5-9-25)29-14-18(24(31)32)23(30)17-12-19(26)21(13-20(17)29)28-11-4-6-16(28)15-33-22-7-2-3-10-27-22/h2-3,7,10,12-14,16,23,30H,4-6,8-9,11,15H2,1H3,(H,31,32)/t16-,23?/m1/s1. The third kappa shape index (κ3) is 3.82. The van der Waals surface area contributed by atoms with Crippen LogP contribution in [0.2, 0.25) is 0 Å². The van der Waals surface area contributed by atoms with Gasteiger partial charge in [-0.25, -0.2) is 14.2 Å². The number of ether oxygens (including phenoxy) is 1. The van der Waals surface area contributed by atoms with E-state index in [1.165, 1.54) is 12.3 Å². The lowest BCUT2D eigenvalue weighted by Crippen LogP contribution is -2.51. The first-order valence-electron chi connectivity index (χ1n) is 11.4. The number of aliphatic hydroxyl groups is 1. The van der Waals surface area contributed by atoms with E-state index < -0.39 is 17.9 Å². The van der Waals surface area contributed by atoms with E-state index in [2.05, 4.69) is 11.9 Å². The zero-order valence-electron chi connectivity index (χ0n) is 18.6. The fourth-order valence-electron chi connectivity index (χ4n) is 5.15. The number of anilines is 2. The van der Waals surface area contributed by atoms with Crippen LogP contribution in [0.15, 0.2) is 48.3 Å². The van der Waals surface area contributed by atoms with Gasteiger partial charge in [0.2, 0.25) is 5.88 Å². The Labute approximate surface area is 192 Å². The van der Waals surface area contributed by atoms with Crippen LogP contribution < -0.4 is 14.5 Å². The van der Waals surface area contributed by atoms with Gasteiger partial charge >= 0.3 is 5.97 Å². The van der Waals surface area contributed by atoms with Gasteiger partial charge in [0.15, 0.2) is 0 Å². The summed E-state index contributed by atoms with van der Waals surface area (Å²) in [6, 6.07) is 8.54. The van der Waals surface area contributed by atoms with Crippen molar-refractivity contribution in [3.8, 4) is 5.88 Å². The lowest BCUT2D eigenvalue weighted by molar-refractivity contribution is -0.133. The predicted molar refractivity (Wildman–Crippen MR) is 122 cm³/mol. The number of pyridine rings is 1. The van der Waals surface area contributed by atoms with Crippen LogP contribution in [-0.4, -0.2) is 45.9 Å². The number of carboxylic acid groups (broad SMARTS) is 1. The van der Waals surface area contributed by atoms with Gasteiger partial charge < -0.3 is 24.7 Å². The third-order valence-electron chi connectivity index (χ3n) is 7.22. The molecule has 5 rings (SSSR count). The highest BCUT2D eigenvalue weighted by Gasteiger charge is 2.43. The monoisotopic (exact) mass is 453 g/mol. The van der Waals surface area contributed by atoms with Gasteiger partial charge in [-0.05, 0) is 57.2 Å². The second-order valence-corrected chi connectivity index (χ2v) is 9.34. The smallest absolute Gasteiger partial charge is 0.336 e. The van der Waals surface area contributed by atoms with Gasteiger partial charge in [-0.2, -0.15) is 0 Å². The Kier molecular flexibility index (Phi) is 5.48. The first-order valence-corrected chi connectivity index (χ1v) is 11.4. The molecule has 1 aromatic carbocycles. The first-order chi connectivity index (χ1) is 15.9. The van der Waals surface area contributed by atoms with E-state index in [4.69, 9.17) is 4.74 Å². The number of benzene rings is 1. The average molecular weight is 454 g/mol. The van der Waals surface area contributed by atoms with Crippen molar-refractivity contribution in [3.05, 3.63) is 59.7 Å². The van der Waals surface area contributed by atoms with Gasteiger partial charge in [-0.15, -0.1) is 0 Å². The van der Waals surface area contributed by atoms with E-state index in [0.717, 1.165) is 32.1 Å². The van der Waals surface area contributed by atoms with Gasteiger partial charge in [-0.3, -0.25) is 0 Å². The summed E-state index contributed by atoms with van der Waals surface area (Å²) in [6.07, 6.45) is 6.48. The number of nitrogens with zero attached hydrogens (tertiary/aromatic N) is 3. The molecule has 3 heterocycles. The minimum Gasteiger partial charge on any atom is -0.478 e. The number of fused-ring (bicyclic) bond motifs is 1. The van der Waals surface area contributed by atoms with Crippen LogP contribution in [0.25, 0.3) is 0 Å². The maximum atomic E-state index is 15.4. The number of hydrogen-bond acceptors (Lipinski definition) is 6. The Morgan fingerprint density at radius 1 is 1.27 bits per heavy atom. The number of carboxylic acids is 1. The van der Waals surface area contributed by atoms with Gasteiger partial charge in [0.25, 0.3) is 0 Å². The van der Waals surface area contributed by atoms with E-state index in [1.807, 2.05) is 21.9 Å². The van der Waals surface area contributed by atoms with Gasteiger partial charge in [-0.1, -0.05) is 6.07 Å². The SMILES string of the molecule is CC1(N2C=C(C(=O)O)C(O)c3cc(F)c(N4CCC[C@@H]4COc4ccccn4)cc32)CCC1. The fourth-order valence-corrected chi connectivity index (χ4v) is 5.15. The molecule has 0 radical (unpaired) electrons. The topological polar surface area (TPSA) is 86.1 Å². The van der Waals surface area contributed by atoms with Crippen LogP contribution in [0.1, 0.15) is 50.7 Å². The third-order valence-corrected chi connectivity index (χ3v) is 7.22. The van der Waals surface area contributed by atoms with Crippen LogP contribution in [0.4, 0.5) is 15.8 Å². The fraction of sp³-hybridized carbons (Fsp3) is 0.440. The number of aliphatic carboxylic acids is 1. The number of carbonyl (C=O) groups is 1. The Bertz CT molecular complexity index is 1090. The molecule has 174 valence electrons. The van der Waals surface area contributed by atoms with Crippen molar-refractivity contribution in [1.29, 1.82) is 0 Å². The summed E-state index contributed by atoms with van der Waals surface area (Å²) in [5, 5.41) is 20.3. The maximum Gasteiger partial charge on any atom is 0.336 e. The van der Waals surface area contributed by atoms with Gasteiger partial charge in [0, 0.05) is 41.8 Å². The molecule has 1 saturated carbocycles. The van der Waals surface area contributed by atoms with E-state index >= 15 is 4.39 Å². The Hall–Kier alpha value is -3.13. The molecule has 1 aliphatic carbocycles. The lowest BCUT2D eigenvalue weighted by atomic mass is 9.75. The molecule has 7 nitrogen and oxygen atoms in total. The number of aromatic nitrogens is 1. The molecule has 3 aliphatic rings. The summed E-state index contributed by atoms with van der Waals surface area (Å²) in [5.74, 6) is -1.13. The summed E-state index contributed by atoms with van der Waals surface area (Å²) >= 11 is 0. The molecule has 33 heavy (non-hydrogen) atoms. The van der Waals surface area contributed by atoms with Crippen LogP contribution >= 0.6 is 0 Å². The molecule has 1 aromatic heterocycles. The normalized spacial score (nSPS) is 23.5. The molecule has 0 spiro atoms. The molecule has 2 fully saturated rings.